The van der Waals surface area contributed by atoms with E-state index in [2.05, 4.69) is 20.9 Å². The zero-order chi connectivity index (χ0) is 18.8. The number of hydrogen-bond acceptors (Lipinski definition) is 5. The number of furan rings is 1. The first kappa shape index (κ1) is 17.3. The third-order valence-corrected chi connectivity index (χ3v) is 4.52. The Kier molecular flexibility index (Phi) is 4.64. The summed E-state index contributed by atoms with van der Waals surface area (Å²) in [4.78, 5) is 16.4. The molecule has 4 rings (SSSR count). The maximum atomic E-state index is 12.1. The molecular formula is C21H14BrNO4. The topological polar surface area (TPSA) is 61.0 Å². The smallest absolute Gasteiger partial charge is 0.363 e. The van der Waals surface area contributed by atoms with Crippen LogP contribution >= 0.6 is 15.9 Å². The van der Waals surface area contributed by atoms with Crippen LogP contribution in [0.25, 0.3) is 17.4 Å². The first-order valence-electron chi connectivity index (χ1n) is 8.15. The molecule has 0 radical (unpaired) electrons. The molecule has 3 aromatic rings. The molecule has 1 aromatic heterocycles. The normalized spacial score (nSPS) is 15.0. The third kappa shape index (κ3) is 3.71. The van der Waals surface area contributed by atoms with Gasteiger partial charge in [-0.15, -0.1) is 0 Å². The van der Waals surface area contributed by atoms with Crippen molar-refractivity contribution in [2.75, 3.05) is 7.11 Å². The predicted octanol–water partition coefficient (Wildman–Crippen LogP) is 5.06. The monoisotopic (exact) mass is 423 g/mol. The summed E-state index contributed by atoms with van der Waals surface area (Å²) >= 11 is 3.37. The van der Waals surface area contributed by atoms with E-state index in [1.807, 2.05) is 54.6 Å². The van der Waals surface area contributed by atoms with Gasteiger partial charge in [0.1, 0.15) is 17.3 Å². The van der Waals surface area contributed by atoms with Crippen LogP contribution in [-0.2, 0) is 9.53 Å². The van der Waals surface area contributed by atoms with Crippen LogP contribution in [0.4, 0.5) is 0 Å². The molecule has 0 spiro atoms. The lowest BCUT2D eigenvalue weighted by molar-refractivity contribution is -0.129. The number of rotatable bonds is 4. The lowest BCUT2D eigenvalue weighted by atomic mass is 10.2. The molecule has 0 bridgehead atoms. The largest absolute Gasteiger partial charge is 0.497 e. The van der Waals surface area contributed by atoms with Crippen LogP contribution in [0, 0.1) is 0 Å². The fraction of sp³-hybridized carbons (Fsp3) is 0.0476. The van der Waals surface area contributed by atoms with Crippen LogP contribution in [0.1, 0.15) is 11.3 Å². The van der Waals surface area contributed by atoms with E-state index in [1.54, 1.807) is 19.3 Å². The lowest BCUT2D eigenvalue weighted by Gasteiger charge is -2.00. The number of nitrogens with zero attached hydrogens (tertiary/aromatic N) is 1. The Labute approximate surface area is 164 Å². The van der Waals surface area contributed by atoms with Crippen molar-refractivity contribution in [1.29, 1.82) is 0 Å². The molecule has 0 atom stereocenters. The van der Waals surface area contributed by atoms with Gasteiger partial charge in [0.05, 0.1) is 7.11 Å². The molecule has 2 aromatic carbocycles. The van der Waals surface area contributed by atoms with Gasteiger partial charge in [-0.05, 0) is 60.7 Å². The number of halogens is 1. The Morgan fingerprint density at radius 1 is 0.963 bits per heavy atom. The number of carbonyl (C=O) groups is 1. The van der Waals surface area contributed by atoms with Gasteiger partial charge in [0.2, 0.25) is 5.90 Å². The molecule has 6 heteroatoms. The van der Waals surface area contributed by atoms with E-state index in [9.17, 15) is 4.79 Å². The van der Waals surface area contributed by atoms with Crippen molar-refractivity contribution >= 4 is 33.9 Å². The van der Waals surface area contributed by atoms with Crippen LogP contribution in [0.3, 0.4) is 0 Å². The molecule has 134 valence electrons. The van der Waals surface area contributed by atoms with Crippen LogP contribution in [0.5, 0.6) is 5.75 Å². The summed E-state index contributed by atoms with van der Waals surface area (Å²) < 4.78 is 17.2. The number of carbonyl (C=O) groups excluding carboxylic acids is 1. The average molecular weight is 424 g/mol. The average Bonchev–Trinajstić information content (AvgIpc) is 3.30. The molecule has 5 nitrogen and oxygen atoms in total. The number of hydrogen-bond donors (Lipinski definition) is 0. The van der Waals surface area contributed by atoms with Gasteiger partial charge in [-0.2, -0.15) is 0 Å². The van der Waals surface area contributed by atoms with E-state index < -0.39 is 5.97 Å². The second-order valence-corrected chi connectivity index (χ2v) is 6.69. The number of cyclic esters (lactones) is 1. The number of aliphatic imine (C=N–C) groups is 1. The minimum absolute atomic E-state index is 0.198. The van der Waals surface area contributed by atoms with Crippen LogP contribution in [0.15, 0.2) is 80.2 Å². The Hall–Kier alpha value is -3.12. The van der Waals surface area contributed by atoms with Gasteiger partial charge in [0.15, 0.2) is 5.70 Å². The van der Waals surface area contributed by atoms with E-state index in [0.717, 1.165) is 21.3 Å². The van der Waals surface area contributed by atoms with E-state index in [-0.39, 0.29) is 11.6 Å². The van der Waals surface area contributed by atoms with E-state index in [4.69, 9.17) is 13.9 Å². The van der Waals surface area contributed by atoms with Gasteiger partial charge in [-0.25, -0.2) is 9.79 Å². The summed E-state index contributed by atoms with van der Waals surface area (Å²) in [5, 5.41) is 0. The first-order valence-corrected chi connectivity index (χ1v) is 8.94. The van der Waals surface area contributed by atoms with Crippen molar-refractivity contribution in [3.05, 3.63) is 82.2 Å². The molecule has 1 aliphatic rings. The highest BCUT2D eigenvalue weighted by Gasteiger charge is 2.24. The molecule has 0 saturated carbocycles. The highest BCUT2D eigenvalue weighted by atomic mass is 79.9. The van der Waals surface area contributed by atoms with Crippen molar-refractivity contribution in [1.82, 2.24) is 0 Å². The third-order valence-electron chi connectivity index (χ3n) is 3.99. The second-order valence-electron chi connectivity index (χ2n) is 5.77. The maximum Gasteiger partial charge on any atom is 0.363 e. The zero-order valence-electron chi connectivity index (χ0n) is 14.3. The summed E-state index contributed by atoms with van der Waals surface area (Å²) in [6.45, 7) is 0. The number of methoxy groups -OCH3 is 1. The summed E-state index contributed by atoms with van der Waals surface area (Å²) in [5.41, 5.74) is 1.84. The number of ether oxygens (including phenoxy) is 2. The van der Waals surface area contributed by atoms with Crippen molar-refractivity contribution in [3.8, 4) is 17.1 Å². The summed E-state index contributed by atoms with van der Waals surface area (Å²) in [7, 11) is 1.62. The molecule has 0 unspecified atom stereocenters. The molecule has 0 amide bonds. The number of esters is 1. The molecule has 27 heavy (non-hydrogen) atoms. The predicted molar refractivity (Wildman–Crippen MR) is 105 cm³/mol. The van der Waals surface area contributed by atoms with Gasteiger partial charge in [0, 0.05) is 21.7 Å². The number of benzene rings is 2. The standard InChI is InChI=1S/C21H14BrNO4/c1-25-16-8-4-13(5-9-16)19-11-10-17(26-19)12-18-21(24)27-20(23-18)14-2-6-15(22)7-3-14/h2-12H,1H3. The fourth-order valence-corrected chi connectivity index (χ4v) is 2.87. The van der Waals surface area contributed by atoms with Gasteiger partial charge in [0.25, 0.3) is 0 Å². The first-order chi connectivity index (χ1) is 13.1. The van der Waals surface area contributed by atoms with Gasteiger partial charge in [-0.3, -0.25) is 0 Å². The zero-order valence-corrected chi connectivity index (χ0v) is 15.9. The maximum absolute atomic E-state index is 12.1. The van der Waals surface area contributed by atoms with Crippen molar-refractivity contribution in [3.63, 3.8) is 0 Å². The quantitative estimate of drug-likeness (QED) is 0.434. The van der Waals surface area contributed by atoms with E-state index in [1.165, 1.54) is 0 Å². The van der Waals surface area contributed by atoms with Crippen LogP contribution < -0.4 is 4.74 Å². The van der Waals surface area contributed by atoms with E-state index >= 15 is 0 Å². The lowest BCUT2D eigenvalue weighted by Crippen LogP contribution is -2.05. The molecule has 0 N–H and O–H groups in total. The Morgan fingerprint density at radius 3 is 2.37 bits per heavy atom. The van der Waals surface area contributed by atoms with Crippen molar-refractivity contribution in [2.45, 2.75) is 0 Å². The van der Waals surface area contributed by atoms with Gasteiger partial charge < -0.3 is 13.9 Å². The molecule has 1 aliphatic heterocycles. The molecular weight excluding hydrogens is 410 g/mol. The van der Waals surface area contributed by atoms with Crippen LogP contribution in [0.2, 0.25) is 0 Å². The second kappa shape index (κ2) is 7.25. The summed E-state index contributed by atoms with van der Waals surface area (Å²) in [5.74, 6) is 1.76. The summed E-state index contributed by atoms with van der Waals surface area (Å²) in [6, 6.07) is 18.5. The van der Waals surface area contributed by atoms with E-state index in [0.29, 0.717) is 11.5 Å². The van der Waals surface area contributed by atoms with Crippen molar-refractivity contribution in [2.24, 2.45) is 4.99 Å². The van der Waals surface area contributed by atoms with Crippen LogP contribution in [-0.4, -0.2) is 19.0 Å². The highest BCUT2D eigenvalue weighted by Crippen LogP contribution is 2.27. The Bertz CT molecular complexity index is 1050. The Morgan fingerprint density at radius 2 is 1.67 bits per heavy atom. The molecule has 2 heterocycles. The fourth-order valence-electron chi connectivity index (χ4n) is 2.60. The minimum atomic E-state index is -0.504. The molecule has 0 saturated heterocycles. The molecule has 0 aliphatic carbocycles. The van der Waals surface area contributed by atoms with Gasteiger partial charge >= 0.3 is 5.97 Å². The molecule has 0 fully saturated rings. The highest BCUT2D eigenvalue weighted by molar-refractivity contribution is 9.10. The van der Waals surface area contributed by atoms with Crippen molar-refractivity contribution < 1.29 is 18.7 Å². The summed E-state index contributed by atoms with van der Waals surface area (Å²) in [6.07, 6.45) is 1.57. The SMILES string of the molecule is COc1ccc(-c2ccc(C=C3N=C(c4ccc(Br)cc4)OC3=O)o2)cc1. The Balaban J connectivity index is 1.58. The van der Waals surface area contributed by atoms with Gasteiger partial charge in [-0.1, -0.05) is 15.9 Å². The minimum Gasteiger partial charge on any atom is -0.497 e.